The van der Waals surface area contributed by atoms with Crippen molar-refractivity contribution in [2.45, 2.75) is 36.3 Å². The first kappa shape index (κ1) is 20.7. The summed E-state index contributed by atoms with van der Waals surface area (Å²) < 4.78 is 0. The van der Waals surface area contributed by atoms with E-state index in [-0.39, 0.29) is 18.3 Å². The summed E-state index contributed by atoms with van der Waals surface area (Å²) in [6.45, 7) is 3.74. The molecule has 0 unspecified atom stereocenters. The number of hydrogen-bond acceptors (Lipinski definition) is 3. The van der Waals surface area contributed by atoms with Gasteiger partial charge in [0.15, 0.2) is 0 Å². The van der Waals surface area contributed by atoms with Crippen LogP contribution in [0, 0.1) is 0 Å². The van der Waals surface area contributed by atoms with Crippen molar-refractivity contribution in [1.82, 2.24) is 9.88 Å². The van der Waals surface area contributed by atoms with Crippen molar-refractivity contribution in [3.8, 4) is 11.1 Å². The van der Waals surface area contributed by atoms with Crippen molar-refractivity contribution < 1.29 is 4.79 Å². The molecule has 1 aliphatic heterocycles. The van der Waals surface area contributed by atoms with Gasteiger partial charge in [0.05, 0.1) is 0 Å². The van der Waals surface area contributed by atoms with E-state index < -0.39 is 0 Å². The van der Waals surface area contributed by atoms with Crippen molar-refractivity contribution in [2.24, 2.45) is 0 Å². The summed E-state index contributed by atoms with van der Waals surface area (Å²) in [4.78, 5) is 19.3. The zero-order valence-corrected chi connectivity index (χ0v) is 17.6. The van der Waals surface area contributed by atoms with Crippen molar-refractivity contribution in [2.75, 3.05) is 13.1 Å². The van der Waals surface area contributed by atoms with Gasteiger partial charge >= 0.3 is 0 Å². The summed E-state index contributed by atoms with van der Waals surface area (Å²) in [7, 11) is 0. The molecule has 2 heterocycles. The van der Waals surface area contributed by atoms with Gasteiger partial charge in [-0.1, -0.05) is 31.2 Å². The van der Waals surface area contributed by atoms with Crippen LogP contribution in [-0.4, -0.2) is 34.1 Å². The number of rotatable bonds is 4. The summed E-state index contributed by atoms with van der Waals surface area (Å²) >= 11 is 1.95. The third-order valence-corrected chi connectivity index (χ3v) is 6.58. The summed E-state index contributed by atoms with van der Waals surface area (Å²) in [6, 6.07) is 17.4. The van der Waals surface area contributed by atoms with E-state index in [0.717, 1.165) is 25.9 Å². The highest BCUT2D eigenvalue weighted by Gasteiger charge is 2.22. The zero-order chi connectivity index (χ0) is 18.6. The van der Waals surface area contributed by atoms with Gasteiger partial charge in [0.2, 0.25) is 5.91 Å². The van der Waals surface area contributed by atoms with E-state index in [1.807, 2.05) is 36.0 Å². The molecule has 0 spiro atoms. The highest BCUT2D eigenvalue weighted by atomic mass is 35.5. The molecule has 0 bridgehead atoms. The van der Waals surface area contributed by atoms with Crippen molar-refractivity contribution in [3.05, 3.63) is 60.9 Å². The average molecular weight is 413 g/mol. The fourth-order valence-electron chi connectivity index (χ4n) is 3.63. The molecule has 146 valence electrons. The van der Waals surface area contributed by atoms with Crippen LogP contribution in [0.1, 0.15) is 26.2 Å². The van der Waals surface area contributed by atoms with Crippen LogP contribution in [0.5, 0.6) is 0 Å². The van der Waals surface area contributed by atoms with E-state index >= 15 is 0 Å². The fourth-order valence-corrected chi connectivity index (χ4v) is 4.75. The van der Waals surface area contributed by atoms with E-state index in [1.54, 1.807) is 0 Å². The summed E-state index contributed by atoms with van der Waals surface area (Å²) in [5.74, 6) is 0.286. The quantitative estimate of drug-likeness (QED) is 0.541. The summed E-state index contributed by atoms with van der Waals surface area (Å²) in [6.07, 6.45) is 6.52. The Bertz CT molecular complexity index is 937. The van der Waals surface area contributed by atoms with Crippen molar-refractivity contribution >= 4 is 40.8 Å². The number of nitrogens with zero attached hydrogens (tertiary/aromatic N) is 2. The number of hydrogen-bond donors (Lipinski definition) is 0. The number of piperidine rings is 1. The first-order chi connectivity index (χ1) is 13.2. The van der Waals surface area contributed by atoms with Crippen LogP contribution in [-0.2, 0) is 4.79 Å². The third kappa shape index (κ3) is 4.68. The molecule has 0 aliphatic carbocycles. The number of likely N-dealkylation sites (tertiary alicyclic amines) is 1. The van der Waals surface area contributed by atoms with Crippen LogP contribution >= 0.6 is 24.2 Å². The lowest BCUT2D eigenvalue weighted by Crippen LogP contribution is -2.38. The minimum absolute atomic E-state index is 0. The Morgan fingerprint density at radius 2 is 1.75 bits per heavy atom. The number of carbonyl (C=O) groups is 1. The number of halogens is 1. The normalized spacial score (nSPS) is 14.7. The molecular weight excluding hydrogens is 388 g/mol. The van der Waals surface area contributed by atoms with Crippen LogP contribution in [0.2, 0.25) is 0 Å². The molecule has 5 heteroatoms. The predicted octanol–water partition coefficient (Wildman–Crippen LogP) is 5.82. The summed E-state index contributed by atoms with van der Waals surface area (Å²) in [5, 5.41) is 2.99. The van der Waals surface area contributed by atoms with Crippen molar-refractivity contribution in [1.29, 1.82) is 0 Å². The van der Waals surface area contributed by atoms with E-state index in [0.29, 0.717) is 11.7 Å². The lowest BCUT2D eigenvalue weighted by Gasteiger charge is -2.31. The topological polar surface area (TPSA) is 33.2 Å². The first-order valence-electron chi connectivity index (χ1n) is 9.61. The van der Waals surface area contributed by atoms with Gasteiger partial charge in [0.1, 0.15) is 0 Å². The SMILES string of the molecule is CCC(=O)N1CCC(Sc2ccc(-c3ccc4cnccc4c3)cc2)CC1.Cl. The van der Waals surface area contributed by atoms with Gasteiger partial charge in [0.25, 0.3) is 0 Å². The molecule has 1 saturated heterocycles. The molecule has 3 nitrogen and oxygen atoms in total. The number of amides is 1. The number of benzene rings is 2. The molecule has 1 aromatic heterocycles. The van der Waals surface area contributed by atoms with Crippen LogP contribution in [0.4, 0.5) is 0 Å². The Hall–Kier alpha value is -2.04. The number of fused-ring (bicyclic) bond motifs is 1. The second kappa shape index (κ2) is 9.44. The third-order valence-electron chi connectivity index (χ3n) is 5.23. The number of pyridine rings is 1. The van der Waals surface area contributed by atoms with E-state index in [1.165, 1.54) is 26.8 Å². The maximum absolute atomic E-state index is 11.8. The predicted molar refractivity (Wildman–Crippen MR) is 120 cm³/mol. The Balaban J connectivity index is 0.00000225. The monoisotopic (exact) mass is 412 g/mol. The standard InChI is InChI=1S/C23H24N2OS.ClH/c1-2-23(26)25-13-10-22(11-14-25)27-21-7-5-17(6-8-21)18-3-4-20-16-24-12-9-19(20)15-18;/h3-9,12,15-16,22H,2,10-11,13-14H2,1H3;1H. The molecular formula is C23H25ClN2OS. The maximum Gasteiger partial charge on any atom is 0.222 e. The van der Waals surface area contributed by atoms with Crippen LogP contribution in [0.15, 0.2) is 65.8 Å². The summed E-state index contributed by atoms with van der Waals surface area (Å²) in [5.41, 5.74) is 2.47. The van der Waals surface area contributed by atoms with E-state index in [2.05, 4.69) is 53.5 Å². The highest BCUT2D eigenvalue weighted by molar-refractivity contribution is 8.00. The van der Waals surface area contributed by atoms with Crippen LogP contribution in [0.3, 0.4) is 0 Å². The highest BCUT2D eigenvalue weighted by Crippen LogP contribution is 2.32. The van der Waals surface area contributed by atoms with Gasteiger partial charge < -0.3 is 4.90 Å². The van der Waals surface area contributed by atoms with Gasteiger partial charge in [-0.05, 0) is 53.6 Å². The Morgan fingerprint density at radius 1 is 1.04 bits per heavy atom. The molecule has 0 saturated carbocycles. The van der Waals surface area contributed by atoms with Crippen molar-refractivity contribution in [3.63, 3.8) is 0 Å². The molecule has 4 rings (SSSR count). The van der Waals surface area contributed by atoms with Crippen LogP contribution < -0.4 is 0 Å². The molecule has 2 aromatic carbocycles. The maximum atomic E-state index is 11.8. The molecule has 0 atom stereocenters. The largest absolute Gasteiger partial charge is 0.343 e. The minimum atomic E-state index is 0. The number of carbonyl (C=O) groups excluding carboxylic acids is 1. The second-order valence-corrected chi connectivity index (χ2v) is 8.39. The van der Waals surface area contributed by atoms with E-state index in [9.17, 15) is 4.79 Å². The molecule has 28 heavy (non-hydrogen) atoms. The Morgan fingerprint density at radius 3 is 2.46 bits per heavy atom. The van der Waals surface area contributed by atoms with Crippen LogP contribution in [0.25, 0.3) is 21.9 Å². The lowest BCUT2D eigenvalue weighted by molar-refractivity contribution is -0.131. The fraction of sp³-hybridized carbons (Fsp3) is 0.304. The number of aromatic nitrogens is 1. The van der Waals surface area contributed by atoms with Gasteiger partial charge in [-0.2, -0.15) is 0 Å². The smallest absolute Gasteiger partial charge is 0.222 e. The van der Waals surface area contributed by atoms with E-state index in [4.69, 9.17) is 0 Å². The zero-order valence-electron chi connectivity index (χ0n) is 16.0. The van der Waals surface area contributed by atoms with Gasteiger partial charge in [0, 0.05) is 47.4 Å². The van der Waals surface area contributed by atoms with Gasteiger partial charge in [-0.25, -0.2) is 0 Å². The second-order valence-electron chi connectivity index (χ2n) is 7.01. The molecule has 1 fully saturated rings. The van der Waals surface area contributed by atoms with Gasteiger partial charge in [-0.15, -0.1) is 24.2 Å². The lowest BCUT2D eigenvalue weighted by atomic mass is 10.0. The Labute approximate surface area is 177 Å². The van der Waals surface area contributed by atoms with Gasteiger partial charge in [-0.3, -0.25) is 9.78 Å². The Kier molecular flexibility index (Phi) is 6.97. The first-order valence-corrected chi connectivity index (χ1v) is 10.5. The average Bonchev–Trinajstić information content (AvgIpc) is 2.74. The molecule has 1 aliphatic rings. The molecule has 0 radical (unpaired) electrons. The minimum Gasteiger partial charge on any atom is -0.343 e. The number of thioether (sulfide) groups is 1. The molecule has 1 amide bonds. The molecule has 3 aromatic rings. The molecule has 0 N–H and O–H groups in total.